The van der Waals surface area contributed by atoms with Crippen molar-refractivity contribution >= 4 is 11.6 Å². The zero-order chi connectivity index (χ0) is 18.3. The van der Waals surface area contributed by atoms with Gasteiger partial charge in [-0.1, -0.05) is 13.8 Å². The Bertz CT molecular complexity index is 941. The third-order valence-corrected chi connectivity index (χ3v) is 4.98. The standard InChI is InChI=1S/C19H24N6O/c1-13(2)4-6-16-21-18-14(3)24(10-11-25(18)22-16)19(26)15-5-7-17-20-8-9-23(17)12-15/h5,7-9,12-14H,4,6,10-11H2,1-3H3/t14-/m1/s1. The van der Waals surface area contributed by atoms with Crippen molar-refractivity contribution < 1.29 is 4.79 Å². The lowest BCUT2D eigenvalue weighted by atomic mass is 10.1. The minimum atomic E-state index is -0.0879. The molecule has 136 valence electrons. The monoisotopic (exact) mass is 352 g/mol. The summed E-state index contributed by atoms with van der Waals surface area (Å²) in [4.78, 5) is 23.9. The molecule has 0 unspecified atom stereocenters. The molecule has 3 aromatic heterocycles. The summed E-state index contributed by atoms with van der Waals surface area (Å²) in [6.45, 7) is 7.77. The molecule has 0 spiro atoms. The minimum absolute atomic E-state index is 0.0195. The molecule has 0 radical (unpaired) electrons. The molecule has 0 fully saturated rings. The maximum absolute atomic E-state index is 13.0. The maximum atomic E-state index is 13.0. The highest BCUT2D eigenvalue weighted by Crippen LogP contribution is 2.25. The Kier molecular flexibility index (Phi) is 4.22. The van der Waals surface area contributed by atoms with Crippen LogP contribution in [-0.4, -0.2) is 41.5 Å². The Labute approximate surface area is 152 Å². The van der Waals surface area contributed by atoms with Crippen LogP contribution in [0.1, 0.15) is 55.2 Å². The summed E-state index contributed by atoms with van der Waals surface area (Å²) in [6, 6.07) is 3.62. The van der Waals surface area contributed by atoms with Crippen LogP contribution in [0.3, 0.4) is 0 Å². The van der Waals surface area contributed by atoms with Crippen molar-refractivity contribution in [3.05, 3.63) is 47.9 Å². The van der Waals surface area contributed by atoms with E-state index in [0.29, 0.717) is 24.6 Å². The molecule has 0 aromatic carbocycles. The quantitative estimate of drug-likeness (QED) is 0.724. The van der Waals surface area contributed by atoms with Gasteiger partial charge in [0.25, 0.3) is 5.91 Å². The number of hydrogen-bond acceptors (Lipinski definition) is 4. The van der Waals surface area contributed by atoms with E-state index in [1.54, 1.807) is 6.20 Å². The number of fused-ring (bicyclic) bond motifs is 2. The molecule has 7 nitrogen and oxygen atoms in total. The van der Waals surface area contributed by atoms with Crippen LogP contribution < -0.4 is 0 Å². The van der Waals surface area contributed by atoms with Crippen molar-refractivity contribution in [1.82, 2.24) is 29.0 Å². The van der Waals surface area contributed by atoms with Crippen molar-refractivity contribution in [2.45, 2.75) is 46.2 Å². The van der Waals surface area contributed by atoms with Crippen LogP contribution in [0.15, 0.2) is 30.7 Å². The highest BCUT2D eigenvalue weighted by Gasteiger charge is 2.31. The Morgan fingerprint density at radius 3 is 2.96 bits per heavy atom. The van der Waals surface area contributed by atoms with Gasteiger partial charge in [0.05, 0.1) is 18.2 Å². The van der Waals surface area contributed by atoms with E-state index in [4.69, 9.17) is 4.98 Å². The fraction of sp³-hybridized carbons (Fsp3) is 0.474. The second-order valence-corrected chi connectivity index (χ2v) is 7.33. The maximum Gasteiger partial charge on any atom is 0.256 e. The Balaban J connectivity index is 1.56. The highest BCUT2D eigenvalue weighted by molar-refractivity contribution is 5.94. The Morgan fingerprint density at radius 1 is 1.31 bits per heavy atom. The second kappa shape index (κ2) is 6.55. The van der Waals surface area contributed by atoms with Crippen LogP contribution in [0.2, 0.25) is 0 Å². The summed E-state index contributed by atoms with van der Waals surface area (Å²) in [5.41, 5.74) is 1.50. The van der Waals surface area contributed by atoms with Gasteiger partial charge in [0, 0.05) is 31.6 Å². The van der Waals surface area contributed by atoms with Gasteiger partial charge >= 0.3 is 0 Å². The number of pyridine rings is 1. The van der Waals surface area contributed by atoms with Gasteiger partial charge in [-0.3, -0.25) is 4.79 Å². The summed E-state index contributed by atoms with van der Waals surface area (Å²) < 4.78 is 3.83. The van der Waals surface area contributed by atoms with E-state index in [-0.39, 0.29) is 11.9 Å². The molecule has 0 bridgehead atoms. The van der Waals surface area contributed by atoms with E-state index >= 15 is 0 Å². The number of nitrogens with zero attached hydrogens (tertiary/aromatic N) is 6. The number of imidazole rings is 1. The van der Waals surface area contributed by atoms with Crippen molar-refractivity contribution in [1.29, 1.82) is 0 Å². The third-order valence-electron chi connectivity index (χ3n) is 4.98. The molecule has 1 aliphatic rings. The topological polar surface area (TPSA) is 68.3 Å². The van der Waals surface area contributed by atoms with Crippen LogP contribution in [0.4, 0.5) is 0 Å². The molecule has 0 saturated carbocycles. The first-order valence-corrected chi connectivity index (χ1v) is 9.20. The van der Waals surface area contributed by atoms with Crippen molar-refractivity contribution in [2.75, 3.05) is 6.54 Å². The second-order valence-electron chi connectivity index (χ2n) is 7.33. The molecule has 1 atom stereocenters. The van der Waals surface area contributed by atoms with Crippen molar-refractivity contribution in [3.8, 4) is 0 Å². The van der Waals surface area contributed by atoms with Gasteiger partial charge in [-0.15, -0.1) is 0 Å². The molecule has 26 heavy (non-hydrogen) atoms. The number of hydrogen-bond donors (Lipinski definition) is 0. The molecule has 1 aliphatic heterocycles. The zero-order valence-electron chi connectivity index (χ0n) is 15.5. The van der Waals surface area contributed by atoms with Crippen LogP contribution in [0, 0.1) is 5.92 Å². The fourth-order valence-corrected chi connectivity index (χ4v) is 3.43. The molecule has 1 amide bonds. The normalized spacial score (nSPS) is 17.1. The number of aromatic nitrogens is 5. The van der Waals surface area contributed by atoms with E-state index in [0.717, 1.165) is 30.1 Å². The SMILES string of the molecule is CC(C)CCc1nc2n(n1)CCN(C(=O)c1ccc3nccn3c1)[C@@H]2C. The molecule has 0 aliphatic carbocycles. The van der Waals surface area contributed by atoms with Crippen molar-refractivity contribution in [3.63, 3.8) is 0 Å². The number of aryl methyl sites for hydroxylation is 1. The number of carbonyl (C=O) groups excluding carboxylic acids is 1. The number of carbonyl (C=O) groups is 1. The fourth-order valence-electron chi connectivity index (χ4n) is 3.43. The summed E-state index contributed by atoms with van der Waals surface area (Å²) in [7, 11) is 0. The van der Waals surface area contributed by atoms with Gasteiger partial charge < -0.3 is 9.30 Å². The average molecular weight is 352 g/mol. The van der Waals surface area contributed by atoms with Gasteiger partial charge in [-0.2, -0.15) is 5.10 Å². The highest BCUT2D eigenvalue weighted by atomic mass is 16.2. The van der Waals surface area contributed by atoms with Gasteiger partial charge in [0.15, 0.2) is 5.82 Å². The smallest absolute Gasteiger partial charge is 0.256 e. The molecule has 4 rings (SSSR count). The molecule has 3 aromatic rings. The summed E-state index contributed by atoms with van der Waals surface area (Å²) in [5, 5.41) is 4.63. The van der Waals surface area contributed by atoms with E-state index < -0.39 is 0 Å². The predicted molar refractivity (Wildman–Crippen MR) is 97.8 cm³/mol. The number of rotatable bonds is 4. The van der Waals surface area contributed by atoms with Gasteiger partial charge in [0.1, 0.15) is 11.5 Å². The summed E-state index contributed by atoms with van der Waals surface area (Å²) in [5.74, 6) is 2.41. The summed E-state index contributed by atoms with van der Waals surface area (Å²) in [6.07, 6.45) is 7.38. The van der Waals surface area contributed by atoms with E-state index in [1.165, 1.54) is 0 Å². The first-order valence-electron chi connectivity index (χ1n) is 9.20. The average Bonchev–Trinajstić information content (AvgIpc) is 3.26. The summed E-state index contributed by atoms with van der Waals surface area (Å²) >= 11 is 0. The van der Waals surface area contributed by atoms with E-state index in [2.05, 4.69) is 23.9 Å². The predicted octanol–water partition coefficient (Wildman–Crippen LogP) is 2.73. The Morgan fingerprint density at radius 2 is 2.15 bits per heavy atom. The molecule has 7 heteroatoms. The molecular weight excluding hydrogens is 328 g/mol. The van der Waals surface area contributed by atoms with Crippen LogP contribution in [0.5, 0.6) is 0 Å². The lowest BCUT2D eigenvalue weighted by Gasteiger charge is -2.33. The first-order chi connectivity index (χ1) is 12.5. The molecule has 0 N–H and O–H groups in total. The zero-order valence-corrected chi connectivity index (χ0v) is 15.5. The lowest BCUT2D eigenvalue weighted by Crippen LogP contribution is -2.41. The van der Waals surface area contributed by atoms with Crippen LogP contribution in [-0.2, 0) is 13.0 Å². The molecule has 0 saturated heterocycles. The molecular formula is C19H24N6O. The van der Waals surface area contributed by atoms with E-state index in [1.807, 2.05) is 45.4 Å². The first kappa shape index (κ1) is 16.8. The number of amides is 1. The van der Waals surface area contributed by atoms with Gasteiger partial charge in [-0.25, -0.2) is 14.6 Å². The third kappa shape index (κ3) is 2.98. The lowest BCUT2D eigenvalue weighted by molar-refractivity contribution is 0.0630. The van der Waals surface area contributed by atoms with Gasteiger partial charge in [0.2, 0.25) is 0 Å². The van der Waals surface area contributed by atoms with Gasteiger partial charge in [-0.05, 0) is 31.4 Å². The van der Waals surface area contributed by atoms with Crippen molar-refractivity contribution in [2.24, 2.45) is 5.92 Å². The largest absolute Gasteiger partial charge is 0.327 e. The Hall–Kier alpha value is -2.70. The van der Waals surface area contributed by atoms with Crippen LogP contribution in [0.25, 0.3) is 5.65 Å². The minimum Gasteiger partial charge on any atom is -0.327 e. The molecule has 4 heterocycles. The van der Waals surface area contributed by atoms with Crippen LogP contribution >= 0.6 is 0 Å². The van der Waals surface area contributed by atoms with E-state index in [9.17, 15) is 4.79 Å².